The van der Waals surface area contributed by atoms with Gasteiger partial charge in [0.15, 0.2) is 5.16 Å². The second-order valence-electron chi connectivity index (χ2n) is 6.26. The number of benzene rings is 3. The highest BCUT2D eigenvalue weighted by Gasteiger charge is 2.07. The molecular weight excluding hydrogens is 366 g/mol. The van der Waals surface area contributed by atoms with Gasteiger partial charge in [-0.3, -0.25) is 4.79 Å². The van der Waals surface area contributed by atoms with E-state index in [1.54, 1.807) is 0 Å². The second kappa shape index (κ2) is 8.59. The van der Waals surface area contributed by atoms with Gasteiger partial charge in [-0.2, -0.15) is 0 Å². The van der Waals surface area contributed by atoms with Gasteiger partial charge in [-0.05, 0) is 35.4 Å². The van der Waals surface area contributed by atoms with Crippen LogP contribution in [0.25, 0.3) is 23.2 Å². The van der Waals surface area contributed by atoms with E-state index in [-0.39, 0.29) is 5.91 Å². The number of nitrogens with zero attached hydrogens (tertiary/aromatic N) is 1. The first-order valence-electron chi connectivity index (χ1n) is 8.97. The lowest BCUT2D eigenvalue weighted by molar-refractivity contribution is -0.113. The van der Waals surface area contributed by atoms with E-state index in [1.807, 2.05) is 66.7 Å². The maximum absolute atomic E-state index is 12.2. The van der Waals surface area contributed by atoms with Gasteiger partial charge in [0.2, 0.25) is 5.91 Å². The minimum Gasteiger partial charge on any atom is -0.333 e. The summed E-state index contributed by atoms with van der Waals surface area (Å²) in [6.45, 7) is 0. The Hall–Kier alpha value is -3.31. The summed E-state index contributed by atoms with van der Waals surface area (Å²) in [5, 5.41) is 3.67. The van der Waals surface area contributed by atoms with Crippen LogP contribution < -0.4 is 5.32 Å². The van der Waals surface area contributed by atoms with Crippen LogP contribution in [-0.2, 0) is 4.79 Å². The van der Waals surface area contributed by atoms with Crippen LogP contribution in [0.2, 0.25) is 0 Å². The predicted molar refractivity (Wildman–Crippen MR) is 117 cm³/mol. The van der Waals surface area contributed by atoms with E-state index in [4.69, 9.17) is 0 Å². The molecular formula is C23H19N3OS. The molecule has 0 aliphatic rings. The van der Waals surface area contributed by atoms with Crippen LogP contribution in [-0.4, -0.2) is 21.6 Å². The predicted octanol–water partition coefficient (Wildman–Crippen LogP) is 5.46. The molecule has 0 saturated carbocycles. The molecule has 0 radical (unpaired) electrons. The number of nitrogens with one attached hydrogen (secondary N) is 2. The summed E-state index contributed by atoms with van der Waals surface area (Å²) < 4.78 is 0. The largest absolute Gasteiger partial charge is 0.333 e. The van der Waals surface area contributed by atoms with Crippen LogP contribution in [0.4, 0.5) is 5.69 Å². The van der Waals surface area contributed by atoms with Crippen LogP contribution in [0.3, 0.4) is 0 Å². The number of rotatable bonds is 6. The van der Waals surface area contributed by atoms with Crippen molar-refractivity contribution < 1.29 is 4.79 Å². The van der Waals surface area contributed by atoms with E-state index < -0.39 is 0 Å². The number of thioether (sulfide) groups is 1. The van der Waals surface area contributed by atoms with Gasteiger partial charge >= 0.3 is 0 Å². The summed E-state index contributed by atoms with van der Waals surface area (Å²) in [6, 6.07) is 25.8. The molecule has 4 nitrogen and oxygen atoms in total. The third-order valence-electron chi connectivity index (χ3n) is 4.17. The molecule has 5 heteroatoms. The minimum atomic E-state index is -0.0574. The van der Waals surface area contributed by atoms with Crippen LogP contribution >= 0.6 is 11.8 Å². The van der Waals surface area contributed by atoms with Crippen molar-refractivity contribution in [1.29, 1.82) is 0 Å². The number of fused-ring (bicyclic) bond motifs is 1. The molecule has 1 aromatic heterocycles. The van der Waals surface area contributed by atoms with Crippen molar-refractivity contribution in [3.8, 4) is 0 Å². The molecule has 1 amide bonds. The Kier molecular flexibility index (Phi) is 5.54. The number of carbonyl (C=O) groups excluding carboxylic acids is 1. The van der Waals surface area contributed by atoms with Gasteiger partial charge in [0.05, 0.1) is 16.8 Å². The van der Waals surface area contributed by atoms with E-state index in [0.717, 1.165) is 33.0 Å². The van der Waals surface area contributed by atoms with Gasteiger partial charge in [-0.25, -0.2) is 4.98 Å². The Morgan fingerprint density at radius 3 is 2.32 bits per heavy atom. The quantitative estimate of drug-likeness (QED) is 0.342. The standard InChI is InChI=1S/C23H19N3OS/c27-22(16-28-23-25-20-8-4-5-9-21(20)26-23)24-19-14-12-18(13-15-19)11-10-17-6-2-1-3-7-17/h1-15H,16H2,(H,24,27)(H,25,26)/b11-10+. The molecule has 0 atom stereocenters. The number of H-pyrrole nitrogens is 1. The smallest absolute Gasteiger partial charge is 0.234 e. The van der Waals surface area contributed by atoms with Crippen LogP contribution in [0.1, 0.15) is 11.1 Å². The molecule has 4 rings (SSSR count). The van der Waals surface area contributed by atoms with E-state index in [2.05, 4.69) is 39.6 Å². The molecule has 0 unspecified atom stereocenters. The number of hydrogen-bond acceptors (Lipinski definition) is 3. The molecule has 0 aliphatic heterocycles. The first kappa shape index (κ1) is 18.1. The van der Waals surface area contributed by atoms with Crippen LogP contribution in [0, 0.1) is 0 Å². The van der Waals surface area contributed by atoms with E-state index >= 15 is 0 Å². The summed E-state index contributed by atoms with van der Waals surface area (Å²) >= 11 is 1.39. The molecule has 1 heterocycles. The Bertz CT molecular complexity index is 1070. The fourth-order valence-corrected chi connectivity index (χ4v) is 3.45. The Morgan fingerprint density at radius 2 is 1.57 bits per heavy atom. The lowest BCUT2D eigenvalue weighted by atomic mass is 10.1. The molecule has 0 saturated heterocycles. The lowest BCUT2D eigenvalue weighted by Crippen LogP contribution is -2.14. The molecule has 4 aromatic rings. The number of carbonyl (C=O) groups is 1. The average Bonchev–Trinajstić information content (AvgIpc) is 3.16. The first-order chi connectivity index (χ1) is 13.8. The number of aromatic nitrogens is 2. The van der Waals surface area contributed by atoms with E-state index in [0.29, 0.717) is 5.75 Å². The first-order valence-corrected chi connectivity index (χ1v) is 9.95. The maximum atomic E-state index is 12.2. The Labute approximate surface area is 167 Å². The molecule has 138 valence electrons. The summed E-state index contributed by atoms with van der Waals surface area (Å²) in [5.74, 6) is 0.244. The third-order valence-corrected chi connectivity index (χ3v) is 5.04. The van der Waals surface area contributed by atoms with Crippen molar-refractivity contribution in [2.24, 2.45) is 0 Å². The minimum absolute atomic E-state index is 0.0574. The van der Waals surface area contributed by atoms with Gasteiger partial charge in [0, 0.05) is 5.69 Å². The van der Waals surface area contributed by atoms with Crippen molar-refractivity contribution in [1.82, 2.24) is 9.97 Å². The van der Waals surface area contributed by atoms with Gasteiger partial charge in [-0.15, -0.1) is 0 Å². The zero-order valence-corrected chi connectivity index (χ0v) is 15.9. The number of amides is 1. The van der Waals surface area contributed by atoms with Crippen molar-refractivity contribution in [2.75, 3.05) is 11.1 Å². The number of aromatic amines is 1. The SMILES string of the molecule is O=C(CSc1nc2ccccc2[nH]1)Nc1ccc(/C=C/c2ccccc2)cc1. The molecule has 0 aliphatic carbocycles. The topological polar surface area (TPSA) is 57.8 Å². The fraction of sp³-hybridized carbons (Fsp3) is 0.0435. The number of hydrogen-bond donors (Lipinski definition) is 2. The van der Waals surface area contributed by atoms with E-state index in [9.17, 15) is 4.79 Å². The third kappa shape index (κ3) is 4.69. The van der Waals surface area contributed by atoms with Crippen LogP contribution in [0.15, 0.2) is 84.0 Å². The van der Waals surface area contributed by atoms with Gasteiger partial charge in [0.25, 0.3) is 0 Å². The molecule has 28 heavy (non-hydrogen) atoms. The van der Waals surface area contributed by atoms with E-state index in [1.165, 1.54) is 11.8 Å². The molecule has 3 aromatic carbocycles. The number of imidazole rings is 1. The number of anilines is 1. The average molecular weight is 385 g/mol. The summed E-state index contributed by atoms with van der Waals surface area (Å²) in [6.07, 6.45) is 4.12. The fourth-order valence-electron chi connectivity index (χ4n) is 2.76. The molecule has 0 bridgehead atoms. The van der Waals surface area contributed by atoms with Gasteiger partial charge < -0.3 is 10.3 Å². The highest BCUT2D eigenvalue weighted by Crippen LogP contribution is 2.19. The van der Waals surface area contributed by atoms with Crippen molar-refractivity contribution in [2.45, 2.75) is 5.16 Å². The highest BCUT2D eigenvalue weighted by molar-refractivity contribution is 7.99. The zero-order chi connectivity index (χ0) is 19.2. The van der Waals surface area contributed by atoms with Gasteiger partial charge in [0.1, 0.15) is 0 Å². The molecule has 0 fully saturated rings. The Balaban J connectivity index is 1.31. The normalized spacial score (nSPS) is 11.1. The second-order valence-corrected chi connectivity index (χ2v) is 7.23. The van der Waals surface area contributed by atoms with Gasteiger partial charge in [-0.1, -0.05) is 78.5 Å². The number of para-hydroxylation sites is 2. The molecule has 2 N–H and O–H groups in total. The zero-order valence-electron chi connectivity index (χ0n) is 15.1. The molecule has 0 spiro atoms. The van der Waals surface area contributed by atoms with Crippen molar-refractivity contribution >= 4 is 46.5 Å². The van der Waals surface area contributed by atoms with Crippen molar-refractivity contribution in [3.63, 3.8) is 0 Å². The Morgan fingerprint density at radius 1 is 0.893 bits per heavy atom. The summed E-state index contributed by atoms with van der Waals surface area (Å²) in [4.78, 5) is 19.9. The van der Waals surface area contributed by atoms with Crippen molar-refractivity contribution in [3.05, 3.63) is 90.0 Å². The summed E-state index contributed by atoms with van der Waals surface area (Å²) in [5.41, 5.74) is 4.90. The monoisotopic (exact) mass is 385 g/mol. The van der Waals surface area contributed by atoms with Crippen LogP contribution in [0.5, 0.6) is 0 Å². The highest BCUT2D eigenvalue weighted by atomic mass is 32.2. The summed E-state index contributed by atoms with van der Waals surface area (Å²) in [7, 11) is 0. The lowest BCUT2D eigenvalue weighted by Gasteiger charge is -2.04. The maximum Gasteiger partial charge on any atom is 0.234 e.